The molecule has 0 aliphatic rings. The van der Waals surface area contributed by atoms with Crippen molar-refractivity contribution in [2.24, 2.45) is 5.92 Å². The smallest absolute Gasteiger partial charge is 0.282 e. The molecule has 0 aromatic carbocycles. The van der Waals surface area contributed by atoms with Gasteiger partial charge in [0.05, 0.1) is 5.69 Å². The summed E-state index contributed by atoms with van der Waals surface area (Å²) in [5.41, 5.74) is -1.60. The number of nitrogens with one attached hydrogen (secondary N) is 2. The van der Waals surface area contributed by atoms with E-state index in [-0.39, 0.29) is 17.3 Å². The molecule has 0 unspecified atom stereocenters. The Morgan fingerprint density at radius 3 is 2.38 bits per heavy atom. The van der Waals surface area contributed by atoms with Gasteiger partial charge in [0.1, 0.15) is 17.9 Å². The lowest BCUT2D eigenvalue weighted by molar-refractivity contribution is -0.117. The SMILES string of the molecule is CCn1cc(NC(=O)Cn2nc(C(F)F)cc2C(F)F)c(C(=O)NCC(C)C)n1. The number of anilines is 1. The maximum absolute atomic E-state index is 13.0. The summed E-state index contributed by atoms with van der Waals surface area (Å²) in [6.45, 7) is 5.69. The van der Waals surface area contributed by atoms with Crippen LogP contribution in [0.2, 0.25) is 0 Å². The zero-order valence-electron chi connectivity index (χ0n) is 16.1. The highest BCUT2D eigenvalue weighted by molar-refractivity contribution is 6.02. The Morgan fingerprint density at radius 2 is 1.83 bits per heavy atom. The van der Waals surface area contributed by atoms with Crippen LogP contribution in [0.25, 0.3) is 0 Å². The van der Waals surface area contributed by atoms with Gasteiger partial charge in [-0.05, 0) is 18.9 Å². The molecular formula is C17H22F4N6O2. The summed E-state index contributed by atoms with van der Waals surface area (Å²) in [6, 6.07) is 0.558. The topological polar surface area (TPSA) is 93.8 Å². The average Bonchev–Trinajstić information content (AvgIpc) is 3.23. The lowest BCUT2D eigenvalue weighted by Crippen LogP contribution is -2.29. The first kappa shape index (κ1) is 22.4. The van der Waals surface area contributed by atoms with E-state index in [9.17, 15) is 27.2 Å². The van der Waals surface area contributed by atoms with E-state index in [2.05, 4.69) is 20.8 Å². The quantitative estimate of drug-likeness (QED) is 0.612. The molecule has 0 atom stereocenters. The van der Waals surface area contributed by atoms with Crippen molar-refractivity contribution in [3.8, 4) is 0 Å². The number of carbonyl (C=O) groups is 2. The van der Waals surface area contributed by atoms with Crippen LogP contribution in [0.4, 0.5) is 23.2 Å². The Labute approximate surface area is 164 Å². The van der Waals surface area contributed by atoms with Gasteiger partial charge in [-0.25, -0.2) is 17.6 Å². The van der Waals surface area contributed by atoms with Gasteiger partial charge in [0.25, 0.3) is 18.8 Å². The van der Waals surface area contributed by atoms with Crippen LogP contribution in [0, 0.1) is 5.92 Å². The molecule has 0 saturated carbocycles. The molecule has 160 valence electrons. The zero-order chi connectivity index (χ0) is 21.7. The molecule has 2 aromatic heterocycles. The van der Waals surface area contributed by atoms with E-state index >= 15 is 0 Å². The molecular weight excluding hydrogens is 396 g/mol. The molecule has 0 radical (unpaired) electrons. The van der Waals surface area contributed by atoms with Crippen LogP contribution in [0.15, 0.2) is 12.3 Å². The fourth-order valence-electron chi connectivity index (χ4n) is 2.41. The van der Waals surface area contributed by atoms with Crippen molar-refractivity contribution >= 4 is 17.5 Å². The number of nitrogens with zero attached hydrogens (tertiary/aromatic N) is 4. The molecule has 12 heteroatoms. The van der Waals surface area contributed by atoms with Gasteiger partial charge < -0.3 is 10.6 Å². The van der Waals surface area contributed by atoms with Crippen LogP contribution in [-0.4, -0.2) is 37.9 Å². The molecule has 2 aromatic rings. The lowest BCUT2D eigenvalue weighted by atomic mass is 10.2. The number of rotatable bonds is 9. The summed E-state index contributed by atoms with van der Waals surface area (Å²) in [7, 11) is 0. The lowest BCUT2D eigenvalue weighted by Gasteiger charge is -2.09. The number of amides is 2. The van der Waals surface area contributed by atoms with Gasteiger partial charge in [-0.1, -0.05) is 13.8 Å². The molecule has 0 saturated heterocycles. The molecule has 2 N–H and O–H groups in total. The fraction of sp³-hybridized carbons (Fsp3) is 0.529. The van der Waals surface area contributed by atoms with E-state index in [1.54, 1.807) is 6.92 Å². The maximum Gasteiger partial charge on any atom is 0.282 e. The first-order chi connectivity index (χ1) is 13.6. The fourth-order valence-corrected chi connectivity index (χ4v) is 2.41. The number of hydrogen-bond donors (Lipinski definition) is 2. The molecule has 2 rings (SSSR count). The summed E-state index contributed by atoms with van der Waals surface area (Å²) in [5, 5.41) is 12.5. The Bertz CT molecular complexity index is 862. The summed E-state index contributed by atoms with van der Waals surface area (Å²) in [6.07, 6.45) is -4.71. The standard InChI is InChI=1S/C17H22F4N6O2/c1-4-26-7-11(14(25-26)17(29)22-6-9(2)3)23-13(28)8-27-12(16(20)21)5-10(24-27)15(18)19/h5,7,9,15-16H,4,6,8H2,1-3H3,(H,22,29)(H,23,28). The minimum atomic E-state index is -3.08. The van der Waals surface area contributed by atoms with E-state index in [4.69, 9.17) is 0 Å². The van der Waals surface area contributed by atoms with E-state index in [0.717, 1.165) is 0 Å². The van der Waals surface area contributed by atoms with E-state index in [1.807, 2.05) is 13.8 Å². The third kappa shape index (κ3) is 5.78. The zero-order valence-corrected chi connectivity index (χ0v) is 16.1. The van der Waals surface area contributed by atoms with Gasteiger partial charge in [-0.2, -0.15) is 10.2 Å². The molecule has 0 aliphatic carbocycles. The second-order valence-electron chi connectivity index (χ2n) is 6.65. The van der Waals surface area contributed by atoms with Crippen LogP contribution >= 0.6 is 0 Å². The normalized spacial score (nSPS) is 11.5. The maximum atomic E-state index is 13.0. The van der Waals surface area contributed by atoms with Crippen LogP contribution in [0.1, 0.15) is 55.5 Å². The first-order valence-electron chi connectivity index (χ1n) is 8.91. The largest absolute Gasteiger partial charge is 0.350 e. The summed E-state index contributed by atoms with van der Waals surface area (Å²) < 4.78 is 53.5. The Balaban J connectivity index is 2.19. The number of alkyl halides is 4. The summed E-state index contributed by atoms with van der Waals surface area (Å²) >= 11 is 0. The molecule has 0 aliphatic heterocycles. The van der Waals surface area contributed by atoms with Gasteiger partial charge in [0, 0.05) is 19.3 Å². The van der Waals surface area contributed by atoms with E-state index in [1.165, 1.54) is 10.9 Å². The van der Waals surface area contributed by atoms with Crippen LogP contribution < -0.4 is 10.6 Å². The monoisotopic (exact) mass is 418 g/mol. The third-order valence-electron chi connectivity index (χ3n) is 3.82. The number of aryl methyl sites for hydroxylation is 1. The first-order valence-corrected chi connectivity index (χ1v) is 8.91. The minimum Gasteiger partial charge on any atom is -0.350 e. The van der Waals surface area contributed by atoms with Crippen LogP contribution in [0.5, 0.6) is 0 Å². The van der Waals surface area contributed by atoms with Crippen molar-refractivity contribution in [1.82, 2.24) is 24.9 Å². The van der Waals surface area contributed by atoms with Crippen LogP contribution in [-0.2, 0) is 17.9 Å². The van der Waals surface area contributed by atoms with Gasteiger partial charge in [0.2, 0.25) is 5.91 Å². The van der Waals surface area contributed by atoms with Gasteiger partial charge >= 0.3 is 0 Å². The second kappa shape index (κ2) is 9.52. The third-order valence-corrected chi connectivity index (χ3v) is 3.82. The number of hydrogen-bond acceptors (Lipinski definition) is 4. The molecule has 0 bridgehead atoms. The number of halogens is 4. The Kier molecular flexibility index (Phi) is 7.35. The second-order valence-corrected chi connectivity index (χ2v) is 6.65. The van der Waals surface area contributed by atoms with Crippen molar-refractivity contribution in [2.75, 3.05) is 11.9 Å². The van der Waals surface area contributed by atoms with E-state index in [0.29, 0.717) is 23.8 Å². The minimum absolute atomic E-state index is 0.0383. The average molecular weight is 418 g/mol. The molecule has 0 fully saturated rings. The van der Waals surface area contributed by atoms with Crippen molar-refractivity contribution in [1.29, 1.82) is 0 Å². The van der Waals surface area contributed by atoms with Gasteiger partial charge in [-0.3, -0.25) is 19.0 Å². The van der Waals surface area contributed by atoms with Crippen molar-refractivity contribution in [3.63, 3.8) is 0 Å². The Hall–Kier alpha value is -2.92. The predicted octanol–water partition coefficient (Wildman–Crippen LogP) is 3.00. The molecule has 2 amide bonds. The van der Waals surface area contributed by atoms with Crippen molar-refractivity contribution in [3.05, 3.63) is 29.3 Å². The number of carbonyl (C=O) groups excluding carboxylic acids is 2. The number of aromatic nitrogens is 4. The highest BCUT2D eigenvalue weighted by Gasteiger charge is 2.24. The molecule has 8 nitrogen and oxygen atoms in total. The van der Waals surface area contributed by atoms with E-state index < -0.39 is 42.6 Å². The molecule has 2 heterocycles. The summed E-state index contributed by atoms with van der Waals surface area (Å²) in [4.78, 5) is 24.6. The molecule has 29 heavy (non-hydrogen) atoms. The Morgan fingerprint density at radius 1 is 1.14 bits per heavy atom. The van der Waals surface area contributed by atoms with Crippen molar-refractivity contribution in [2.45, 2.75) is 46.7 Å². The highest BCUT2D eigenvalue weighted by Crippen LogP contribution is 2.25. The molecule has 0 spiro atoms. The van der Waals surface area contributed by atoms with Gasteiger partial charge in [0.15, 0.2) is 5.69 Å². The van der Waals surface area contributed by atoms with Crippen molar-refractivity contribution < 1.29 is 27.2 Å². The highest BCUT2D eigenvalue weighted by atomic mass is 19.3. The summed E-state index contributed by atoms with van der Waals surface area (Å²) in [5.74, 6) is -1.13. The van der Waals surface area contributed by atoms with Gasteiger partial charge in [-0.15, -0.1) is 0 Å². The predicted molar refractivity (Wildman–Crippen MR) is 95.8 cm³/mol. The van der Waals surface area contributed by atoms with Crippen LogP contribution in [0.3, 0.4) is 0 Å².